The van der Waals surface area contributed by atoms with Crippen molar-refractivity contribution in [3.05, 3.63) is 29.6 Å². The summed E-state index contributed by atoms with van der Waals surface area (Å²) in [6.07, 6.45) is 0. The lowest BCUT2D eigenvalue weighted by molar-refractivity contribution is 0.100. The van der Waals surface area contributed by atoms with Gasteiger partial charge in [-0.2, -0.15) is 0 Å². The van der Waals surface area contributed by atoms with Crippen molar-refractivity contribution in [1.82, 2.24) is 9.55 Å². The van der Waals surface area contributed by atoms with E-state index in [2.05, 4.69) is 37.9 Å². The van der Waals surface area contributed by atoms with E-state index in [9.17, 15) is 4.79 Å². The highest BCUT2D eigenvalue weighted by Gasteiger charge is 2.17. The molecule has 0 saturated carbocycles. The number of carbonyl (C=O) groups excluding carboxylic acids is 1. The maximum absolute atomic E-state index is 11.4. The molecule has 1 aromatic heterocycles. The summed E-state index contributed by atoms with van der Waals surface area (Å²) in [6, 6.07) is 6.19. The second-order valence-electron chi connectivity index (χ2n) is 5.50. The summed E-state index contributed by atoms with van der Waals surface area (Å²) in [5.74, 6) is 0.520. The molecule has 2 aromatic rings. The molecule has 0 bridgehead atoms. The second kappa shape index (κ2) is 3.69. The predicted molar refractivity (Wildman–Crippen MR) is 69.4 cm³/mol. The Hall–Kier alpha value is -1.64. The third kappa shape index (κ3) is 1.97. The summed E-state index contributed by atoms with van der Waals surface area (Å²) >= 11 is 0. The van der Waals surface area contributed by atoms with E-state index in [0.717, 1.165) is 11.0 Å². The SMILES string of the molecule is CC(=O)c1nc2ccc(C(C)(C)C)cc2n1C. The molecule has 0 atom stereocenters. The van der Waals surface area contributed by atoms with Gasteiger partial charge in [0.05, 0.1) is 11.0 Å². The fraction of sp³-hybridized carbons (Fsp3) is 0.429. The largest absolute Gasteiger partial charge is 0.325 e. The van der Waals surface area contributed by atoms with Crippen LogP contribution in [-0.2, 0) is 12.5 Å². The number of carbonyl (C=O) groups is 1. The van der Waals surface area contributed by atoms with Crippen molar-refractivity contribution in [3.63, 3.8) is 0 Å². The van der Waals surface area contributed by atoms with Crippen LogP contribution in [0.15, 0.2) is 18.2 Å². The van der Waals surface area contributed by atoms with Gasteiger partial charge >= 0.3 is 0 Å². The van der Waals surface area contributed by atoms with E-state index in [0.29, 0.717) is 5.82 Å². The lowest BCUT2D eigenvalue weighted by Crippen LogP contribution is -2.11. The van der Waals surface area contributed by atoms with E-state index in [1.807, 2.05) is 17.7 Å². The number of hydrogen-bond donors (Lipinski definition) is 0. The summed E-state index contributed by atoms with van der Waals surface area (Å²) in [5, 5.41) is 0. The highest BCUT2D eigenvalue weighted by molar-refractivity contribution is 5.94. The van der Waals surface area contributed by atoms with E-state index in [-0.39, 0.29) is 11.2 Å². The van der Waals surface area contributed by atoms with Crippen LogP contribution in [-0.4, -0.2) is 15.3 Å². The van der Waals surface area contributed by atoms with E-state index in [4.69, 9.17) is 0 Å². The van der Waals surface area contributed by atoms with Gasteiger partial charge in [-0.05, 0) is 23.1 Å². The monoisotopic (exact) mass is 230 g/mol. The van der Waals surface area contributed by atoms with Crippen molar-refractivity contribution in [2.45, 2.75) is 33.1 Å². The zero-order chi connectivity index (χ0) is 12.8. The molecule has 0 aliphatic carbocycles. The number of fused-ring (bicyclic) bond motifs is 1. The molecular formula is C14H18N2O. The third-order valence-corrected chi connectivity index (χ3v) is 3.06. The molecular weight excluding hydrogens is 212 g/mol. The first-order valence-electron chi connectivity index (χ1n) is 5.78. The lowest BCUT2D eigenvalue weighted by atomic mass is 9.87. The molecule has 90 valence electrons. The quantitative estimate of drug-likeness (QED) is 0.706. The molecule has 0 spiro atoms. The van der Waals surface area contributed by atoms with Gasteiger partial charge in [0.2, 0.25) is 0 Å². The highest BCUT2D eigenvalue weighted by Crippen LogP contribution is 2.26. The van der Waals surface area contributed by atoms with Crippen molar-refractivity contribution in [2.75, 3.05) is 0 Å². The molecule has 3 heteroatoms. The van der Waals surface area contributed by atoms with Crippen LogP contribution in [0.2, 0.25) is 0 Å². The van der Waals surface area contributed by atoms with Crippen LogP contribution < -0.4 is 0 Å². The summed E-state index contributed by atoms with van der Waals surface area (Å²) in [5.41, 5.74) is 3.26. The molecule has 0 amide bonds. The zero-order valence-electron chi connectivity index (χ0n) is 11.0. The van der Waals surface area contributed by atoms with Crippen LogP contribution in [0.1, 0.15) is 43.9 Å². The zero-order valence-corrected chi connectivity index (χ0v) is 11.0. The molecule has 0 saturated heterocycles. The van der Waals surface area contributed by atoms with Crippen molar-refractivity contribution in [2.24, 2.45) is 7.05 Å². The predicted octanol–water partition coefficient (Wildman–Crippen LogP) is 3.07. The summed E-state index contributed by atoms with van der Waals surface area (Å²) in [6.45, 7) is 8.08. The normalized spacial score (nSPS) is 12.1. The molecule has 0 unspecified atom stereocenters. The third-order valence-electron chi connectivity index (χ3n) is 3.06. The molecule has 0 N–H and O–H groups in total. The van der Waals surface area contributed by atoms with Crippen LogP contribution in [0.5, 0.6) is 0 Å². The van der Waals surface area contributed by atoms with E-state index in [1.165, 1.54) is 5.56 Å². The summed E-state index contributed by atoms with van der Waals surface area (Å²) in [4.78, 5) is 15.8. The van der Waals surface area contributed by atoms with E-state index < -0.39 is 0 Å². The average molecular weight is 230 g/mol. The number of benzene rings is 1. The Kier molecular flexibility index (Phi) is 2.57. The molecule has 0 aliphatic heterocycles. The van der Waals surface area contributed by atoms with E-state index >= 15 is 0 Å². The van der Waals surface area contributed by atoms with Crippen molar-refractivity contribution < 1.29 is 4.79 Å². The number of aromatic nitrogens is 2. The van der Waals surface area contributed by atoms with Crippen LogP contribution in [0, 0.1) is 0 Å². The fourth-order valence-corrected chi connectivity index (χ4v) is 1.97. The minimum Gasteiger partial charge on any atom is -0.325 e. The van der Waals surface area contributed by atoms with Crippen LogP contribution >= 0.6 is 0 Å². The van der Waals surface area contributed by atoms with Gasteiger partial charge in [-0.15, -0.1) is 0 Å². The molecule has 1 aromatic carbocycles. The van der Waals surface area contributed by atoms with Crippen LogP contribution in [0.25, 0.3) is 11.0 Å². The van der Waals surface area contributed by atoms with Gasteiger partial charge in [0.1, 0.15) is 0 Å². The summed E-state index contributed by atoms with van der Waals surface area (Å²) in [7, 11) is 1.89. The summed E-state index contributed by atoms with van der Waals surface area (Å²) < 4.78 is 1.87. The van der Waals surface area contributed by atoms with Gasteiger partial charge < -0.3 is 4.57 Å². The number of aryl methyl sites for hydroxylation is 1. The topological polar surface area (TPSA) is 34.9 Å². The molecule has 0 fully saturated rings. The first-order chi connectivity index (χ1) is 7.80. The Bertz CT molecular complexity index is 588. The highest BCUT2D eigenvalue weighted by atomic mass is 16.1. The Labute approximate surface area is 101 Å². The molecule has 17 heavy (non-hydrogen) atoms. The van der Waals surface area contributed by atoms with Crippen molar-refractivity contribution in [3.8, 4) is 0 Å². The Morgan fingerprint density at radius 1 is 1.29 bits per heavy atom. The van der Waals surface area contributed by atoms with Gasteiger partial charge in [0.15, 0.2) is 11.6 Å². The molecule has 0 aliphatic rings. The molecule has 3 nitrogen and oxygen atoms in total. The number of rotatable bonds is 1. The average Bonchev–Trinajstić information content (AvgIpc) is 2.54. The van der Waals surface area contributed by atoms with Crippen LogP contribution in [0.4, 0.5) is 0 Å². The van der Waals surface area contributed by atoms with Crippen LogP contribution in [0.3, 0.4) is 0 Å². The van der Waals surface area contributed by atoms with Gasteiger partial charge in [-0.25, -0.2) is 4.98 Å². The number of ketones is 1. The second-order valence-corrected chi connectivity index (χ2v) is 5.50. The minimum atomic E-state index is 0.000934. The number of nitrogens with zero attached hydrogens (tertiary/aromatic N) is 2. The Morgan fingerprint density at radius 3 is 2.47 bits per heavy atom. The van der Waals surface area contributed by atoms with Gasteiger partial charge in [0.25, 0.3) is 0 Å². The minimum absolute atomic E-state index is 0.000934. The van der Waals surface area contributed by atoms with Crippen molar-refractivity contribution >= 4 is 16.8 Å². The fourth-order valence-electron chi connectivity index (χ4n) is 1.97. The molecule has 1 heterocycles. The van der Waals surface area contributed by atoms with Gasteiger partial charge in [-0.1, -0.05) is 26.8 Å². The first-order valence-corrected chi connectivity index (χ1v) is 5.78. The first kappa shape index (κ1) is 11.8. The lowest BCUT2D eigenvalue weighted by Gasteiger charge is -2.18. The number of hydrogen-bond acceptors (Lipinski definition) is 2. The standard InChI is InChI=1S/C14H18N2O/c1-9(17)13-15-11-7-6-10(14(2,3)4)8-12(11)16(13)5/h6-8H,1-5H3. The number of Topliss-reactive ketones (excluding diaryl/α,β-unsaturated/α-hetero) is 1. The van der Waals surface area contributed by atoms with Gasteiger partial charge in [-0.3, -0.25) is 4.79 Å². The Balaban J connectivity index is 2.70. The maximum Gasteiger partial charge on any atom is 0.195 e. The smallest absolute Gasteiger partial charge is 0.195 e. The Morgan fingerprint density at radius 2 is 1.94 bits per heavy atom. The van der Waals surface area contributed by atoms with E-state index in [1.54, 1.807) is 6.92 Å². The maximum atomic E-state index is 11.4. The number of imidazole rings is 1. The molecule has 2 rings (SSSR count). The van der Waals surface area contributed by atoms with Gasteiger partial charge in [0, 0.05) is 14.0 Å². The molecule has 0 radical (unpaired) electrons. The van der Waals surface area contributed by atoms with Crippen molar-refractivity contribution in [1.29, 1.82) is 0 Å².